The Kier molecular flexibility index (Phi) is 7.38. The Balaban J connectivity index is 1.96. The Bertz CT molecular complexity index is 868. The van der Waals surface area contributed by atoms with E-state index in [0.29, 0.717) is 18.7 Å². The summed E-state index contributed by atoms with van der Waals surface area (Å²) in [6.07, 6.45) is 2.15. The molecule has 1 heterocycles. The van der Waals surface area contributed by atoms with E-state index >= 15 is 0 Å². The Morgan fingerprint density at radius 2 is 2.07 bits per heavy atom. The zero-order valence-corrected chi connectivity index (χ0v) is 17.3. The average molecular weight is 418 g/mol. The van der Waals surface area contributed by atoms with Gasteiger partial charge in [0.15, 0.2) is 9.84 Å². The summed E-state index contributed by atoms with van der Waals surface area (Å²) in [5, 5.41) is 2.67. The Morgan fingerprint density at radius 1 is 1.33 bits per heavy atom. The highest BCUT2D eigenvalue weighted by Gasteiger charge is 2.31. The third-order valence-corrected chi connectivity index (χ3v) is 7.68. The SMILES string of the molecule is CCCCNS(=O)(=O)c1cccc(NC(=O)CN(C)[C@H]2CCS(=O)(=O)C2)c1. The number of nitrogens with one attached hydrogen (secondary N) is 2. The molecule has 1 fully saturated rings. The maximum Gasteiger partial charge on any atom is 0.240 e. The van der Waals surface area contributed by atoms with Gasteiger partial charge in [0.05, 0.1) is 22.9 Å². The minimum absolute atomic E-state index is 0.0336. The number of unbranched alkanes of at least 4 members (excludes halogenated alkanes) is 1. The summed E-state index contributed by atoms with van der Waals surface area (Å²) in [4.78, 5) is 14.1. The Hall–Kier alpha value is -1.49. The van der Waals surface area contributed by atoms with Crippen LogP contribution in [0, 0.1) is 0 Å². The normalized spacial score (nSPS) is 19.3. The van der Waals surface area contributed by atoms with Gasteiger partial charge in [0.25, 0.3) is 0 Å². The fourth-order valence-corrected chi connectivity index (χ4v) is 5.81. The maximum absolute atomic E-state index is 12.3. The third-order valence-electron chi connectivity index (χ3n) is 4.48. The number of nitrogens with zero attached hydrogens (tertiary/aromatic N) is 1. The summed E-state index contributed by atoms with van der Waals surface area (Å²) in [6, 6.07) is 5.89. The lowest BCUT2D eigenvalue weighted by Crippen LogP contribution is -2.38. The molecular weight excluding hydrogens is 390 g/mol. The molecule has 2 N–H and O–H groups in total. The summed E-state index contributed by atoms with van der Waals surface area (Å²) in [5.74, 6) is -0.113. The van der Waals surface area contributed by atoms with Crippen molar-refractivity contribution in [3.8, 4) is 0 Å². The monoisotopic (exact) mass is 417 g/mol. The number of likely N-dealkylation sites (N-methyl/N-ethyl adjacent to an activating group) is 1. The molecule has 1 amide bonds. The predicted molar refractivity (Wildman–Crippen MR) is 105 cm³/mol. The van der Waals surface area contributed by atoms with Crippen molar-refractivity contribution >= 4 is 31.5 Å². The minimum Gasteiger partial charge on any atom is -0.325 e. The van der Waals surface area contributed by atoms with Crippen LogP contribution in [-0.2, 0) is 24.7 Å². The number of benzene rings is 1. The molecule has 1 aromatic carbocycles. The van der Waals surface area contributed by atoms with Crippen LogP contribution in [0.25, 0.3) is 0 Å². The molecule has 1 atom stereocenters. The van der Waals surface area contributed by atoms with Crippen molar-refractivity contribution in [2.45, 2.75) is 37.1 Å². The van der Waals surface area contributed by atoms with Crippen LogP contribution in [0.3, 0.4) is 0 Å². The zero-order chi connectivity index (χ0) is 20.1. The summed E-state index contributed by atoms with van der Waals surface area (Å²) < 4.78 is 50.2. The number of carbonyl (C=O) groups excluding carboxylic acids is 1. The van der Waals surface area contributed by atoms with Gasteiger partial charge >= 0.3 is 0 Å². The lowest BCUT2D eigenvalue weighted by Gasteiger charge is -2.22. The molecule has 0 aliphatic carbocycles. The van der Waals surface area contributed by atoms with E-state index in [0.717, 1.165) is 12.8 Å². The van der Waals surface area contributed by atoms with Crippen LogP contribution in [0.4, 0.5) is 5.69 Å². The van der Waals surface area contributed by atoms with Crippen LogP contribution in [0.15, 0.2) is 29.2 Å². The molecule has 1 aliphatic heterocycles. The van der Waals surface area contributed by atoms with Crippen molar-refractivity contribution in [2.24, 2.45) is 0 Å². The van der Waals surface area contributed by atoms with Gasteiger partial charge in [-0.1, -0.05) is 19.4 Å². The molecule has 0 saturated carbocycles. The first-order chi connectivity index (χ1) is 12.6. The number of hydrogen-bond donors (Lipinski definition) is 2. The number of sulfone groups is 1. The van der Waals surface area contributed by atoms with E-state index in [4.69, 9.17) is 0 Å². The Labute approximate surface area is 161 Å². The van der Waals surface area contributed by atoms with Crippen LogP contribution >= 0.6 is 0 Å². The summed E-state index contributed by atoms with van der Waals surface area (Å²) in [6.45, 7) is 2.37. The summed E-state index contributed by atoms with van der Waals surface area (Å²) >= 11 is 0. The standard InChI is InChI=1S/C17H27N3O5S2/c1-3-4-9-18-27(24,25)16-7-5-6-14(11-16)19-17(21)12-20(2)15-8-10-26(22,23)13-15/h5-7,11,15,18H,3-4,8-10,12-13H2,1-2H3,(H,19,21)/t15-/m0/s1. The van der Waals surface area contributed by atoms with E-state index < -0.39 is 19.9 Å². The highest BCUT2D eigenvalue weighted by Crippen LogP contribution is 2.18. The second-order valence-corrected chi connectivity index (χ2v) is 10.8. The number of anilines is 1. The van der Waals surface area contributed by atoms with Crippen molar-refractivity contribution in [1.29, 1.82) is 0 Å². The van der Waals surface area contributed by atoms with Crippen LogP contribution in [0.5, 0.6) is 0 Å². The smallest absolute Gasteiger partial charge is 0.240 e. The minimum atomic E-state index is -3.62. The second kappa shape index (κ2) is 9.13. The molecule has 0 aromatic heterocycles. The first kappa shape index (κ1) is 21.8. The molecule has 0 radical (unpaired) electrons. The van der Waals surface area contributed by atoms with Crippen molar-refractivity contribution in [3.05, 3.63) is 24.3 Å². The maximum atomic E-state index is 12.3. The van der Waals surface area contributed by atoms with Gasteiger partial charge in [0.1, 0.15) is 0 Å². The van der Waals surface area contributed by atoms with Gasteiger partial charge < -0.3 is 5.32 Å². The van der Waals surface area contributed by atoms with Gasteiger partial charge in [-0.25, -0.2) is 21.6 Å². The first-order valence-corrected chi connectivity index (χ1v) is 12.2. The van der Waals surface area contributed by atoms with Gasteiger partial charge in [0.2, 0.25) is 15.9 Å². The quantitative estimate of drug-likeness (QED) is 0.575. The number of sulfonamides is 1. The molecule has 0 unspecified atom stereocenters. The van der Waals surface area contributed by atoms with Crippen LogP contribution in [0.2, 0.25) is 0 Å². The van der Waals surface area contributed by atoms with E-state index in [2.05, 4.69) is 10.0 Å². The molecule has 2 rings (SSSR count). The average Bonchev–Trinajstić information content (AvgIpc) is 2.95. The number of rotatable bonds is 9. The molecule has 0 bridgehead atoms. The summed E-state index contributed by atoms with van der Waals surface area (Å²) in [7, 11) is -4.92. The predicted octanol–water partition coefficient (Wildman–Crippen LogP) is 0.822. The zero-order valence-electron chi connectivity index (χ0n) is 15.6. The molecule has 10 heteroatoms. The van der Waals surface area contributed by atoms with Crippen LogP contribution < -0.4 is 10.0 Å². The van der Waals surface area contributed by atoms with Gasteiger partial charge in [-0.05, 0) is 38.1 Å². The molecule has 27 heavy (non-hydrogen) atoms. The van der Waals surface area contributed by atoms with Crippen molar-refractivity contribution < 1.29 is 21.6 Å². The van der Waals surface area contributed by atoms with E-state index in [1.807, 2.05) is 6.92 Å². The van der Waals surface area contributed by atoms with Crippen molar-refractivity contribution in [3.63, 3.8) is 0 Å². The topological polar surface area (TPSA) is 113 Å². The number of amides is 1. The lowest BCUT2D eigenvalue weighted by molar-refractivity contribution is -0.117. The van der Waals surface area contributed by atoms with Gasteiger partial charge in [-0.2, -0.15) is 0 Å². The molecule has 0 spiro atoms. The fourth-order valence-electron chi connectivity index (χ4n) is 2.89. The second-order valence-electron chi connectivity index (χ2n) is 6.80. The molecular formula is C17H27N3O5S2. The molecule has 1 saturated heterocycles. The number of hydrogen-bond acceptors (Lipinski definition) is 6. The van der Waals surface area contributed by atoms with E-state index in [1.165, 1.54) is 12.1 Å². The molecule has 1 aliphatic rings. The molecule has 8 nitrogen and oxygen atoms in total. The highest BCUT2D eigenvalue weighted by atomic mass is 32.2. The highest BCUT2D eigenvalue weighted by molar-refractivity contribution is 7.91. The van der Waals surface area contributed by atoms with Gasteiger partial charge in [-0.3, -0.25) is 9.69 Å². The molecule has 1 aromatic rings. The van der Waals surface area contributed by atoms with Crippen LogP contribution in [0.1, 0.15) is 26.2 Å². The van der Waals surface area contributed by atoms with E-state index in [1.54, 1.807) is 24.1 Å². The first-order valence-electron chi connectivity index (χ1n) is 8.93. The largest absolute Gasteiger partial charge is 0.325 e. The van der Waals surface area contributed by atoms with Crippen LogP contribution in [-0.4, -0.2) is 65.3 Å². The van der Waals surface area contributed by atoms with Gasteiger partial charge in [0, 0.05) is 18.3 Å². The van der Waals surface area contributed by atoms with Crippen molar-refractivity contribution in [2.75, 3.05) is 37.0 Å². The Morgan fingerprint density at radius 3 is 2.70 bits per heavy atom. The number of carbonyl (C=O) groups is 1. The third kappa shape index (κ3) is 6.56. The molecule has 152 valence electrons. The lowest BCUT2D eigenvalue weighted by atomic mass is 10.2. The van der Waals surface area contributed by atoms with E-state index in [-0.39, 0.29) is 34.9 Å². The fraction of sp³-hybridized carbons (Fsp3) is 0.588. The van der Waals surface area contributed by atoms with Crippen molar-refractivity contribution in [1.82, 2.24) is 9.62 Å². The van der Waals surface area contributed by atoms with Gasteiger partial charge in [-0.15, -0.1) is 0 Å². The van der Waals surface area contributed by atoms with E-state index in [9.17, 15) is 21.6 Å². The summed E-state index contributed by atoms with van der Waals surface area (Å²) in [5.41, 5.74) is 0.380.